The maximum atomic E-state index is 12.4. The van der Waals surface area contributed by atoms with Crippen LogP contribution in [0.2, 0.25) is 0 Å². The molecule has 1 aromatic rings. The average molecular weight is 329 g/mol. The number of carbonyl (C=O) groups excluding carboxylic acids is 1. The number of aliphatic carboxylic acids is 1. The number of nitriles is 1. The molecule has 1 aromatic carbocycles. The number of likely N-dealkylation sites (tertiary alicyclic amines) is 1. The van der Waals surface area contributed by atoms with Crippen LogP contribution in [0, 0.1) is 23.2 Å². The van der Waals surface area contributed by atoms with E-state index in [-0.39, 0.29) is 18.5 Å². The van der Waals surface area contributed by atoms with Gasteiger partial charge >= 0.3 is 12.0 Å². The number of nitrogens with one attached hydrogen (secondary N) is 1. The number of carboxylic acid groups (broad SMARTS) is 1. The van der Waals surface area contributed by atoms with Crippen LogP contribution >= 0.6 is 0 Å². The SMILES string of the molecule is CC1CC(C(=O)O)CN(C(=O)Nc2ccc(C(C)(C)C#N)cc2)C1. The number of anilines is 1. The van der Waals surface area contributed by atoms with Gasteiger partial charge in [0, 0.05) is 18.8 Å². The zero-order valence-corrected chi connectivity index (χ0v) is 14.2. The van der Waals surface area contributed by atoms with Gasteiger partial charge in [-0.2, -0.15) is 5.26 Å². The summed E-state index contributed by atoms with van der Waals surface area (Å²) < 4.78 is 0. The summed E-state index contributed by atoms with van der Waals surface area (Å²) in [4.78, 5) is 25.1. The number of benzene rings is 1. The summed E-state index contributed by atoms with van der Waals surface area (Å²) in [7, 11) is 0. The maximum absolute atomic E-state index is 12.4. The highest BCUT2D eigenvalue weighted by Gasteiger charge is 2.32. The van der Waals surface area contributed by atoms with E-state index in [1.54, 1.807) is 17.0 Å². The summed E-state index contributed by atoms with van der Waals surface area (Å²) in [6.45, 7) is 6.40. The van der Waals surface area contributed by atoms with Crippen molar-refractivity contribution in [2.75, 3.05) is 18.4 Å². The number of amides is 2. The van der Waals surface area contributed by atoms with Crippen molar-refractivity contribution in [3.63, 3.8) is 0 Å². The fourth-order valence-corrected chi connectivity index (χ4v) is 2.93. The Balaban J connectivity index is 2.04. The lowest BCUT2D eigenvalue weighted by Crippen LogP contribution is -2.47. The highest BCUT2D eigenvalue weighted by Crippen LogP contribution is 2.25. The molecule has 1 fully saturated rings. The molecule has 2 N–H and O–H groups in total. The van der Waals surface area contributed by atoms with E-state index in [4.69, 9.17) is 5.26 Å². The predicted molar refractivity (Wildman–Crippen MR) is 90.6 cm³/mol. The molecule has 1 heterocycles. The van der Waals surface area contributed by atoms with Gasteiger partial charge in [0.25, 0.3) is 0 Å². The van der Waals surface area contributed by atoms with E-state index < -0.39 is 17.3 Å². The standard InChI is InChI=1S/C18H23N3O3/c1-12-8-13(16(22)23)10-21(9-12)17(24)20-15-6-4-14(5-7-15)18(2,3)11-19/h4-7,12-13H,8-10H2,1-3H3,(H,20,24)(H,22,23). The average Bonchev–Trinajstić information content (AvgIpc) is 2.54. The summed E-state index contributed by atoms with van der Waals surface area (Å²) in [5.74, 6) is -1.22. The number of nitrogens with zero attached hydrogens (tertiary/aromatic N) is 2. The van der Waals surface area contributed by atoms with Crippen molar-refractivity contribution in [2.24, 2.45) is 11.8 Å². The fraction of sp³-hybridized carbons (Fsp3) is 0.500. The van der Waals surface area contributed by atoms with Gasteiger partial charge in [-0.3, -0.25) is 4.79 Å². The molecule has 24 heavy (non-hydrogen) atoms. The van der Waals surface area contributed by atoms with Gasteiger partial charge in [0.15, 0.2) is 0 Å². The molecule has 0 aliphatic carbocycles. The Bertz CT molecular complexity index is 661. The van der Waals surface area contributed by atoms with Crippen LogP contribution in [0.3, 0.4) is 0 Å². The van der Waals surface area contributed by atoms with Crippen LogP contribution in [-0.2, 0) is 10.2 Å². The zero-order chi connectivity index (χ0) is 17.9. The monoisotopic (exact) mass is 329 g/mol. The highest BCUT2D eigenvalue weighted by molar-refractivity contribution is 5.89. The number of piperidine rings is 1. The minimum absolute atomic E-state index is 0.157. The second kappa shape index (κ2) is 6.91. The van der Waals surface area contributed by atoms with Gasteiger partial charge in [-0.15, -0.1) is 0 Å². The van der Waals surface area contributed by atoms with E-state index >= 15 is 0 Å². The van der Waals surface area contributed by atoms with Crippen molar-refractivity contribution in [2.45, 2.75) is 32.6 Å². The van der Waals surface area contributed by atoms with E-state index in [1.165, 1.54) is 0 Å². The van der Waals surface area contributed by atoms with Crippen molar-refractivity contribution in [3.05, 3.63) is 29.8 Å². The Morgan fingerprint density at radius 2 is 1.92 bits per heavy atom. The summed E-state index contributed by atoms with van der Waals surface area (Å²) in [5.41, 5.74) is 0.919. The Hall–Kier alpha value is -2.55. The molecule has 1 aliphatic heterocycles. The van der Waals surface area contributed by atoms with Crippen LogP contribution in [-0.4, -0.2) is 35.1 Å². The fourth-order valence-electron chi connectivity index (χ4n) is 2.93. The smallest absolute Gasteiger partial charge is 0.321 e. The number of carbonyl (C=O) groups is 2. The molecule has 0 spiro atoms. The lowest BCUT2D eigenvalue weighted by atomic mass is 9.86. The molecular weight excluding hydrogens is 306 g/mol. The second-order valence-corrected chi connectivity index (χ2v) is 7.03. The quantitative estimate of drug-likeness (QED) is 0.891. The van der Waals surface area contributed by atoms with Crippen molar-refractivity contribution >= 4 is 17.7 Å². The summed E-state index contributed by atoms with van der Waals surface area (Å²) >= 11 is 0. The molecule has 2 amide bonds. The van der Waals surface area contributed by atoms with Crippen LogP contribution in [0.1, 0.15) is 32.8 Å². The lowest BCUT2D eigenvalue weighted by molar-refractivity contribution is -0.143. The van der Waals surface area contributed by atoms with Crippen molar-refractivity contribution in [3.8, 4) is 6.07 Å². The highest BCUT2D eigenvalue weighted by atomic mass is 16.4. The second-order valence-electron chi connectivity index (χ2n) is 7.03. The Morgan fingerprint density at radius 1 is 1.29 bits per heavy atom. The molecule has 1 aliphatic rings. The Labute approximate surface area is 142 Å². The van der Waals surface area contributed by atoms with Gasteiger partial charge in [-0.25, -0.2) is 4.79 Å². The molecule has 6 heteroatoms. The van der Waals surface area contributed by atoms with E-state index in [9.17, 15) is 14.7 Å². The number of rotatable bonds is 3. The molecule has 2 rings (SSSR count). The van der Waals surface area contributed by atoms with Gasteiger partial charge in [0.2, 0.25) is 0 Å². The van der Waals surface area contributed by atoms with Crippen LogP contribution in [0.5, 0.6) is 0 Å². The molecule has 2 atom stereocenters. The largest absolute Gasteiger partial charge is 0.481 e. The molecule has 0 bridgehead atoms. The van der Waals surface area contributed by atoms with Gasteiger partial charge in [-0.05, 0) is 43.9 Å². The molecule has 0 saturated carbocycles. The van der Waals surface area contributed by atoms with Gasteiger partial charge in [-0.1, -0.05) is 19.1 Å². The summed E-state index contributed by atoms with van der Waals surface area (Å²) in [6.07, 6.45) is 0.594. The Kier molecular flexibility index (Phi) is 5.13. The first-order chi connectivity index (χ1) is 11.2. The molecule has 128 valence electrons. The third-order valence-corrected chi connectivity index (χ3v) is 4.43. The third kappa shape index (κ3) is 4.05. The maximum Gasteiger partial charge on any atom is 0.321 e. The summed E-state index contributed by atoms with van der Waals surface area (Å²) in [6, 6.07) is 9.10. The van der Waals surface area contributed by atoms with Crippen LogP contribution in [0.4, 0.5) is 10.5 Å². The molecule has 0 aromatic heterocycles. The number of carboxylic acids is 1. The molecular formula is C18H23N3O3. The number of hydrogen-bond donors (Lipinski definition) is 2. The van der Waals surface area contributed by atoms with Gasteiger partial charge in [0.1, 0.15) is 0 Å². The van der Waals surface area contributed by atoms with E-state index in [1.807, 2.05) is 32.9 Å². The first-order valence-corrected chi connectivity index (χ1v) is 8.03. The van der Waals surface area contributed by atoms with Crippen molar-refractivity contribution in [1.29, 1.82) is 5.26 Å². The van der Waals surface area contributed by atoms with Gasteiger partial charge < -0.3 is 15.3 Å². The van der Waals surface area contributed by atoms with E-state index in [2.05, 4.69) is 11.4 Å². The summed E-state index contributed by atoms with van der Waals surface area (Å²) in [5, 5.41) is 21.1. The minimum Gasteiger partial charge on any atom is -0.481 e. The topological polar surface area (TPSA) is 93.4 Å². The van der Waals surface area contributed by atoms with E-state index in [0.29, 0.717) is 18.7 Å². The van der Waals surface area contributed by atoms with Crippen LogP contribution in [0.15, 0.2) is 24.3 Å². The molecule has 0 radical (unpaired) electrons. The molecule has 2 unspecified atom stereocenters. The van der Waals surface area contributed by atoms with Crippen LogP contribution < -0.4 is 5.32 Å². The third-order valence-electron chi connectivity index (χ3n) is 4.43. The first-order valence-electron chi connectivity index (χ1n) is 8.03. The lowest BCUT2D eigenvalue weighted by Gasteiger charge is -2.34. The first kappa shape index (κ1) is 17.8. The van der Waals surface area contributed by atoms with Crippen molar-refractivity contribution < 1.29 is 14.7 Å². The van der Waals surface area contributed by atoms with Crippen LogP contribution in [0.25, 0.3) is 0 Å². The van der Waals surface area contributed by atoms with E-state index in [0.717, 1.165) is 5.56 Å². The number of hydrogen-bond acceptors (Lipinski definition) is 3. The molecule has 1 saturated heterocycles. The number of urea groups is 1. The normalized spacial score (nSPS) is 21.0. The Morgan fingerprint density at radius 3 is 2.46 bits per heavy atom. The van der Waals surface area contributed by atoms with Gasteiger partial charge in [0.05, 0.1) is 17.4 Å². The van der Waals surface area contributed by atoms with Crippen molar-refractivity contribution in [1.82, 2.24) is 4.90 Å². The minimum atomic E-state index is -0.859. The predicted octanol–water partition coefficient (Wildman–Crippen LogP) is 3.06. The zero-order valence-electron chi connectivity index (χ0n) is 14.2. The molecule has 6 nitrogen and oxygen atoms in total.